The molecule has 0 bridgehead atoms. The van der Waals surface area contributed by atoms with E-state index in [-0.39, 0.29) is 35.0 Å². The van der Waals surface area contributed by atoms with E-state index in [1.54, 1.807) is 12.1 Å². The summed E-state index contributed by atoms with van der Waals surface area (Å²) in [5, 5.41) is 14.5. The number of benzene rings is 2. The fourth-order valence-corrected chi connectivity index (χ4v) is 3.37. The molecule has 7 N–H and O–H groups in total. The molecule has 0 aliphatic heterocycles. The lowest BCUT2D eigenvalue weighted by Gasteiger charge is -2.20. The van der Waals surface area contributed by atoms with Crippen molar-refractivity contribution < 1.29 is 22.3 Å². The molecule has 31 heavy (non-hydrogen) atoms. The first kappa shape index (κ1) is 24.3. The van der Waals surface area contributed by atoms with Gasteiger partial charge in [0.05, 0.1) is 34.7 Å². The third-order valence-electron chi connectivity index (χ3n) is 3.89. The number of aliphatic imine (C=N–C) groups is 1. The van der Waals surface area contributed by atoms with Gasteiger partial charge >= 0.3 is 5.97 Å². The van der Waals surface area contributed by atoms with Gasteiger partial charge in [-0.2, -0.15) is 0 Å². The van der Waals surface area contributed by atoms with Gasteiger partial charge in [-0.3, -0.25) is 14.4 Å². The largest absolute Gasteiger partial charge is 0.481 e. The van der Waals surface area contributed by atoms with Gasteiger partial charge in [0.2, 0.25) is 5.91 Å². The van der Waals surface area contributed by atoms with Crippen molar-refractivity contribution in [2.45, 2.75) is 12.5 Å². The van der Waals surface area contributed by atoms with Crippen molar-refractivity contribution in [3.8, 4) is 0 Å². The fraction of sp³-hybridized carbons (Fsp3) is 0.158. The van der Waals surface area contributed by atoms with Crippen LogP contribution in [0.1, 0.15) is 31.2 Å². The summed E-state index contributed by atoms with van der Waals surface area (Å²) in [5.41, 5.74) is 11.5. The zero-order chi connectivity index (χ0) is 23.1. The zero-order valence-corrected chi connectivity index (χ0v) is 18.1. The van der Waals surface area contributed by atoms with Crippen molar-refractivity contribution >= 4 is 64.2 Å². The average molecular weight is 491 g/mol. The first-order chi connectivity index (χ1) is 14.6. The number of amides is 2. The molecule has 0 aromatic heterocycles. The van der Waals surface area contributed by atoms with Crippen molar-refractivity contribution in [3.63, 3.8) is 0 Å². The van der Waals surface area contributed by atoms with Gasteiger partial charge in [0.15, 0.2) is 5.96 Å². The highest BCUT2D eigenvalue weighted by atomic mass is 35.5. The highest BCUT2D eigenvalue weighted by molar-refractivity contribution is 6.43. The maximum absolute atomic E-state index is 12.4. The highest BCUT2D eigenvalue weighted by Crippen LogP contribution is 2.34. The number of hydrogen-bond acceptors (Lipinski definition) is 4. The topological polar surface area (TPSA) is 160 Å². The average Bonchev–Trinajstić information content (AvgIpc) is 2.67. The summed E-state index contributed by atoms with van der Waals surface area (Å²) in [6, 6.07) is 7.91. The van der Waals surface area contributed by atoms with E-state index in [0.29, 0.717) is 5.69 Å². The minimum atomic E-state index is -1.18. The number of carboxylic acids is 1. The Labute approximate surface area is 195 Å². The van der Waals surface area contributed by atoms with Gasteiger partial charge in [0.1, 0.15) is 0 Å². The van der Waals surface area contributed by atoms with E-state index < -0.39 is 36.8 Å². The van der Waals surface area contributed by atoms with E-state index in [0.717, 1.165) is 0 Å². The molecule has 0 aliphatic rings. The minimum absolute atomic E-state index is 0. The summed E-state index contributed by atoms with van der Waals surface area (Å²) in [4.78, 5) is 39.8. The molecule has 0 aliphatic carbocycles. The van der Waals surface area contributed by atoms with Gasteiger partial charge < -0.3 is 27.2 Å². The summed E-state index contributed by atoms with van der Waals surface area (Å²) in [6.07, 6.45) is -0.476. The smallest absolute Gasteiger partial charge is 0.305 e. The Morgan fingerprint density at radius 1 is 1.13 bits per heavy atom. The highest BCUT2D eigenvalue weighted by Gasteiger charge is 2.23. The van der Waals surface area contributed by atoms with Crippen LogP contribution in [0.5, 0.6) is 0 Å². The molecular formula is C19H22Cl3N5O4. The predicted octanol–water partition coefficient (Wildman–Crippen LogP) is 3.11. The summed E-state index contributed by atoms with van der Waals surface area (Å²) < 4.78 is 0. The molecule has 2 rings (SSSR count). The SMILES string of the molecule is NC(N)=Nc1cccc(C(=O)NCC(=O)NC(CC(=O)O)c2cc(Cl)cc(Cl)c2Cl)c1.[HH].[HH]. The number of halogens is 3. The van der Waals surface area contributed by atoms with Crippen molar-refractivity contribution in [3.05, 3.63) is 62.6 Å². The van der Waals surface area contributed by atoms with Crippen molar-refractivity contribution in [2.75, 3.05) is 6.54 Å². The normalized spacial score (nSPS) is 11.3. The molecule has 1 atom stereocenters. The minimum Gasteiger partial charge on any atom is -0.481 e. The monoisotopic (exact) mass is 489 g/mol. The number of carboxylic acid groups (broad SMARTS) is 1. The standard InChI is InChI=1S/C19H18Cl3N5O4.2H2/c20-10-5-12(17(22)13(21)6-10)14(7-16(29)30)27-15(28)8-25-18(31)9-2-1-3-11(4-9)26-19(23)24;;/h1-6,14H,7-8H2,(H,25,31)(H,27,28)(H,29,30)(H4,23,24,26);2*1H. The molecule has 0 spiro atoms. The van der Waals surface area contributed by atoms with Gasteiger partial charge in [-0.25, -0.2) is 4.99 Å². The quantitative estimate of drug-likeness (QED) is 0.217. The maximum Gasteiger partial charge on any atom is 0.305 e. The molecule has 1 unspecified atom stereocenters. The lowest BCUT2D eigenvalue weighted by atomic mass is 10.0. The molecule has 9 nitrogen and oxygen atoms in total. The number of carbonyl (C=O) groups excluding carboxylic acids is 2. The second kappa shape index (κ2) is 10.9. The van der Waals surface area contributed by atoms with Crippen LogP contribution >= 0.6 is 34.8 Å². The van der Waals surface area contributed by atoms with Crippen molar-refractivity contribution in [1.29, 1.82) is 0 Å². The van der Waals surface area contributed by atoms with E-state index in [4.69, 9.17) is 46.3 Å². The third-order valence-corrected chi connectivity index (χ3v) is 4.92. The van der Waals surface area contributed by atoms with Crippen LogP contribution in [-0.4, -0.2) is 35.4 Å². The Balaban J connectivity index is 0.00000512. The Kier molecular flexibility index (Phi) is 8.49. The third kappa shape index (κ3) is 7.32. The zero-order valence-electron chi connectivity index (χ0n) is 15.9. The van der Waals surface area contributed by atoms with Gasteiger partial charge in [0.25, 0.3) is 5.91 Å². The Bertz CT molecular complexity index is 1050. The Morgan fingerprint density at radius 2 is 1.84 bits per heavy atom. The number of nitrogens with one attached hydrogen (secondary N) is 2. The van der Waals surface area contributed by atoms with Crippen molar-refractivity contribution in [2.24, 2.45) is 16.5 Å². The van der Waals surface area contributed by atoms with E-state index in [9.17, 15) is 19.5 Å². The maximum atomic E-state index is 12.4. The van der Waals surface area contributed by atoms with Gasteiger partial charge in [-0.05, 0) is 35.9 Å². The molecule has 0 saturated heterocycles. The molecule has 0 radical (unpaired) electrons. The van der Waals surface area contributed by atoms with Crippen LogP contribution in [0.25, 0.3) is 0 Å². The number of aliphatic carboxylic acids is 1. The molecule has 0 heterocycles. The lowest BCUT2D eigenvalue weighted by Crippen LogP contribution is -2.39. The number of nitrogens with two attached hydrogens (primary N) is 2. The molecule has 168 valence electrons. The number of guanidine groups is 1. The summed E-state index contributed by atoms with van der Waals surface area (Å²) in [5.74, 6) is -2.55. The van der Waals surface area contributed by atoms with Crippen LogP contribution < -0.4 is 22.1 Å². The number of nitrogens with zero attached hydrogens (tertiary/aromatic N) is 1. The van der Waals surface area contributed by atoms with Crippen LogP contribution in [0.15, 0.2) is 41.4 Å². The van der Waals surface area contributed by atoms with E-state index in [1.165, 1.54) is 24.3 Å². The van der Waals surface area contributed by atoms with E-state index in [2.05, 4.69) is 15.6 Å². The second-order valence-electron chi connectivity index (χ2n) is 6.28. The van der Waals surface area contributed by atoms with Gasteiger partial charge in [-0.15, -0.1) is 0 Å². The Hall–Kier alpha value is -3.01. The Morgan fingerprint density at radius 3 is 2.48 bits per heavy atom. The van der Waals surface area contributed by atoms with E-state index >= 15 is 0 Å². The summed E-state index contributed by atoms with van der Waals surface area (Å²) in [7, 11) is 0. The van der Waals surface area contributed by atoms with E-state index in [1.807, 2.05) is 0 Å². The second-order valence-corrected chi connectivity index (χ2v) is 7.50. The van der Waals surface area contributed by atoms with Crippen LogP contribution in [0.4, 0.5) is 5.69 Å². The van der Waals surface area contributed by atoms with Crippen LogP contribution in [0.2, 0.25) is 15.1 Å². The molecule has 2 aromatic carbocycles. The predicted molar refractivity (Wildman–Crippen MR) is 123 cm³/mol. The first-order valence-electron chi connectivity index (χ1n) is 8.70. The van der Waals surface area contributed by atoms with Crippen molar-refractivity contribution in [1.82, 2.24) is 10.6 Å². The molecular weight excluding hydrogens is 469 g/mol. The van der Waals surface area contributed by atoms with Crippen LogP contribution in [0, 0.1) is 0 Å². The lowest BCUT2D eigenvalue weighted by molar-refractivity contribution is -0.137. The fourth-order valence-electron chi connectivity index (χ4n) is 2.62. The number of rotatable bonds is 8. The molecule has 12 heteroatoms. The number of hydrogen-bond donors (Lipinski definition) is 5. The molecule has 2 aromatic rings. The van der Waals surface area contributed by atoms with Crippen LogP contribution in [0.3, 0.4) is 0 Å². The van der Waals surface area contributed by atoms with Gasteiger partial charge in [-0.1, -0.05) is 40.9 Å². The molecule has 2 amide bonds. The summed E-state index contributed by atoms with van der Waals surface area (Å²) >= 11 is 18.1. The number of carbonyl (C=O) groups is 3. The van der Waals surface area contributed by atoms with Crippen LogP contribution in [-0.2, 0) is 9.59 Å². The summed E-state index contributed by atoms with van der Waals surface area (Å²) in [6.45, 7) is -0.423. The first-order valence-corrected chi connectivity index (χ1v) is 9.83. The van der Waals surface area contributed by atoms with Gasteiger partial charge in [0, 0.05) is 13.4 Å². The molecule has 0 saturated carbocycles. The molecule has 0 fully saturated rings.